The molecule has 0 bridgehead atoms. The highest BCUT2D eigenvalue weighted by Crippen LogP contribution is 2.18. The van der Waals surface area contributed by atoms with Crippen molar-refractivity contribution >= 4 is 47.4 Å². The normalized spacial score (nSPS) is 17.1. The Morgan fingerprint density at radius 3 is 2.57 bits per heavy atom. The fourth-order valence-electron chi connectivity index (χ4n) is 3.36. The van der Waals surface area contributed by atoms with E-state index in [-0.39, 0.29) is 35.9 Å². The van der Waals surface area contributed by atoms with Gasteiger partial charge in [-0.05, 0) is 49.9 Å². The zero-order valence-corrected chi connectivity index (χ0v) is 20.2. The van der Waals surface area contributed by atoms with E-state index < -0.39 is 0 Å². The van der Waals surface area contributed by atoms with Gasteiger partial charge in [0, 0.05) is 45.8 Å². The SMILES string of the molecule is CN=C(NCCCN1CCCC1C(=O)N(C)C)NCCc1ccc(Cl)cc1.I. The van der Waals surface area contributed by atoms with E-state index in [4.69, 9.17) is 11.6 Å². The lowest BCUT2D eigenvalue weighted by atomic mass is 10.1. The number of nitrogens with zero attached hydrogens (tertiary/aromatic N) is 3. The van der Waals surface area contributed by atoms with Crippen LogP contribution in [0.4, 0.5) is 0 Å². The minimum atomic E-state index is 0. The van der Waals surface area contributed by atoms with Gasteiger partial charge in [-0.3, -0.25) is 14.7 Å². The second-order valence-electron chi connectivity index (χ2n) is 7.08. The van der Waals surface area contributed by atoms with Crippen LogP contribution in [0.25, 0.3) is 0 Å². The predicted octanol–water partition coefficient (Wildman–Crippen LogP) is 2.61. The van der Waals surface area contributed by atoms with Crippen LogP contribution in [0, 0.1) is 0 Å². The van der Waals surface area contributed by atoms with Crippen LogP contribution in [0.1, 0.15) is 24.8 Å². The number of guanidine groups is 1. The molecule has 0 saturated carbocycles. The van der Waals surface area contributed by atoms with Gasteiger partial charge in [0.15, 0.2) is 5.96 Å². The number of rotatable bonds is 8. The monoisotopic (exact) mass is 521 g/mol. The van der Waals surface area contributed by atoms with Crippen LogP contribution in [0.15, 0.2) is 29.3 Å². The minimum Gasteiger partial charge on any atom is -0.356 e. The minimum absolute atomic E-state index is 0. The Kier molecular flexibility index (Phi) is 11.8. The molecule has 0 aliphatic carbocycles. The van der Waals surface area contributed by atoms with Gasteiger partial charge >= 0.3 is 0 Å². The van der Waals surface area contributed by atoms with Crippen LogP contribution in [0.3, 0.4) is 0 Å². The van der Waals surface area contributed by atoms with E-state index in [0.29, 0.717) is 0 Å². The fourth-order valence-corrected chi connectivity index (χ4v) is 3.48. The molecule has 1 saturated heterocycles. The zero-order valence-electron chi connectivity index (χ0n) is 17.1. The molecule has 1 heterocycles. The summed E-state index contributed by atoms with van der Waals surface area (Å²) in [5.41, 5.74) is 1.24. The highest BCUT2D eigenvalue weighted by Gasteiger charge is 2.30. The van der Waals surface area contributed by atoms with Crippen molar-refractivity contribution < 1.29 is 4.79 Å². The van der Waals surface area contributed by atoms with Gasteiger partial charge in [0.05, 0.1) is 6.04 Å². The molecule has 6 nitrogen and oxygen atoms in total. The number of carbonyl (C=O) groups excluding carboxylic acids is 1. The fraction of sp³-hybridized carbons (Fsp3) is 0.600. The lowest BCUT2D eigenvalue weighted by molar-refractivity contribution is -0.133. The molecule has 8 heteroatoms. The molecule has 2 rings (SSSR count). The summed E-state index contributed by atoms with van der Waals surface area (Å²) in [6.07, 6.45) is 3.97. The molecule has 1 aliphatic heterocycles. The number of benzene rings is 1. The van der Waals surface area contributed by atoms with Crippen molar-refractivity contribution in [1.29, 1.82) is 0 Å². The van der Waals surface area contributed by atoms with Gasteiger partial charge < -0.3 is 15.5 Å². The molecule has 1 fully saturated rings. The van der Waals surface area contributed by atoms with Crippen molar-refractivity contribution in [2.75, 3.05) is 47.3 Å². The van der Waals surface area contributed by atoms with Crippen LogP contribution >= 0.6 is 35.6 Å². The topological polar surface area (TPSA) is 60.0 Å². The summed E-state index contributed by atoms with van der Waals surface area (Å²) in [5, 5.41) is 7.45. The third-order valence-electron chi connectivity index (χ3n) is 4.85. The average molecular weight is 522 g/mol. The number of amides is 1. The first-order valence-electron chi connectivity index (χ1n) is 9.65. The third kappa shape index (κ3) is 8.13. The quantitative estimate of drug-likeness (QED) is 0.239. The summed E-state index contributed by atoms with van der Waals surface area (Å²) in [7, 11) is 5.45. The summed E-state index contributed by atoms with van der Waals surface area (Å²) < 4.78 is 0. The predicted molar refractivity (Wildman–Crippen MR) is 128 cm³/mol. The maximum Gasteiger partial charge on any atom is 0.239 e. The van der Waals surface area contributed by atoms with Crippen molar-refractivity contribution in [3.63, 3.8) is 0 Å². The van der Waals surface area contributed by atoms with Gasteiger partial charge in [-0.25, -0.2) is 0 Å². The molecule has 2 N–H and O–H groups in total. The van der Waals surface area contributed by atoms with Crippen molar-refractivity contribution in [1.82, 2.24) is 20.4 Å². The molecule has 1 atom stereocenters. The smallest absolute Gasteiger partial charge is 0.239 e. The van der Waals surface area contributed by atoms with E-state index in [1.807, 2.05) is 38.4 Å². The van der Waals surface area contributed by atoms with E-state index in [9.17, 15) is 4.79 Å². The molecular weight excluding hydrogens is 489 g/mol. The number of likely N-dealkylation sites (tertiary alicyclic amines) is 1. The highest BCUT2D eigenvalue weighted by atomic mass is 127. The number of hydrogen-bond acceptors (Lipinski definition) is 3. The average Bonchev–Trinajstić information content (AvgIpc) is 3.12. The second kappa shape index (κ2) is 13.2. The highest BCUT2D eigenvalue weighted by molar-refractivity contribution is 14.0. The lowest BCUT2D eigenvalue weighted by Gasteiger charge is -2.26. The molecule has 1 aromatic rings. The Bertz CT molecular complexity index is 624. The molecule has 1 aliphatic rings. The van der Waals surface area contributed by atoms with Crippen LogP contribution in [-0.2, 0) is 11.2 Å². The van der Waals surface area contributed by atoms with Crippen LogP contribution in [-0.4, -0.2) is 75.0 Å². The van der Waals surface area contributed by atoms with Crippen molar-refractivity contribution in [3.8, 4) is 0 Å². The third-order valence-corrected chi connectivity index (χ3v) is 5.10. The Hall–Kier alpha value is -1.06. The maximum atomic E-state index is 12.2. The molecule has 1 unspecified atom stereocenters. The van der Waals surface area contributed by atoms with Gasteiger partial charge in [0.1, 0.15) is 0 Å². The van der Waals surface area contributed by atoms with Gasteiger partial charge in [-0.15, -0.1) is 24.0 Å². The number of likely N-dealkylation sites (N-methyl/N-ethyl adjacent to an activating group) is 1. The molecule has 0 radical (unpaired) electrons. The molecule has 1 aromatic carbocycles. The Balaban J connectivity index is 0.00000392. The first-order valence-corrected chi connectivity index (χ1v) is 10.0. The summed E-state index contributed by atoms with van der Waals surface area (Å²) in [4.78, 5) is 20.5. The molecule has 158 valence electrons. The van der Waals surface area contributed by atoms with Gasteiger partial charge in [0.2, 0.25) is 5.91 Å². The number of carbonyl (C=O) groups is 1. The van der Waals surface area contributed by atoms with Crippen LogP contribution in [0.2, 0.25) is 5.02 Å². The lowest BCUT2D eigenvalue weighted by Crippen LogP contribution is -2.44. The van der Waals surface area contributed by atoms with Crippen LogP contribution < -0.4 is 10.6 Å². The maximum absolute atomic E-state index is 12.2. The van der Waals surface area contributed by atoms with E-state index in [1.165, 1.54) is 5.56 Å². The van der Waals surface area contributed by atoms with Crippen molar-refractivity contribution in [2.45, 2.75) is 31.7 Å². The number of halogens is 2. The molecule has 28 heavy (non-hydrogen) atoms. The number of nitrogens with one attached hydrogen (secondary N) is 2. The Labute approximate surface area is 191 Å². The van der Waals surface area contributed by atoms with E-state index >= 15 is 0 Å². The number of hydrogen-bond donors (Lipinski definition) is 2. The summed E-state index contributed by atoms with van der Waals surface area (Å²) in [6.45, 7) is 3.59. The zero-order chi connectivity index (χ0) is 19.6. The molecule has 0 aromatic heterocycles. The standard InChI is InChI=1S/C20H32ClN5O.HI/c1-22-20(24-13-11-16-7-9-17(21)10-8-16)23-12-5-15-26-14-4-6-18(26)19(27)25(2)3;/h7-10,18H,4-6,11-15H2,1-3H3,(H2,22,23,24);1H. The second-order valence-corrected chi connectivity index (χ2v) is 7.52. The largest absolute Gasteiger partial charge is 0.356 e. The molecule has 0 spiro atoms. The van der Waals surface area contributed by atoms with Crippen LogP contribution in [0.5, 0.6) is 0 Å². The van der Waals surface area contributed by atoms with Crippen molar-refractivity contribution in [3.05, 3.63) is 34.9 Å². The van der Waals surface area contributed by atoms with Crippen molar-refractivity contribution in [2.24, 2.45) is 4.99 Å². The first-order chi connectivity index (χ1) is 13.0. The first kappa shape index (κ1) is 25.0. The van der Waals surface area contributed by atoms with E-state index in [2.05, 4.69) is 20.5 Å². The number of aliphatic imine (C=N–C) groups is 1. The van der Waals surface area contributed by atoms with Gasteiger partial charge in [0.25, 0.3) is 0 Å². The van der Waals surface area contributed by atoms with Gasteiger partial charge in [-0.2, -0.15) is 0 Å². The summed E-state index contributed by atoms with van der Waals surface area (Å²) in [5.74, 6) is 1.03. The Morgan fingerprint density at radius 1 is 1.25 bits per heavy atom. The van der Waals surface area contributed by atoms with E-state index in [1.54, 1.807) is 11.9 Å². The van der Waals surface area contributed by atoms with Gasteiger partial charge in [-0.1, -0.05) is 23.7 Å². The molecule has 1 amide bonds. The Morgan fingerprint density at radius 2 is 1.93 bits per heavy atom. The summed E-state index contributed by atoms with van der Waals surface area (Å²) >= 11 is 5.91. The van der Waals surface area contributed by atoms with E-state index in [0.717, 1.165) is 62.8 Å². The summed E-state index contributed by atoms with van der Waals surface area (Å²) in [6, 6.07) is 7.97. The molecular formula is C20H33ClIN5O.